The summed E-state index contributed by atoms with van der Waals surface area (Å²) >= 11 is 0. The van der Waals surface area contributed by atoms with E-state index in [2.05, 4.69) is 70.6 Å². The molecule has 1 atom stereocenters. The number of aliphatic hydroxyl groups excluding tert-OH is 1. The van der Waals surface area contributed by atoms with Crippen molar-refractivity contribution in [2.75, 3.05) is 17.2 Å². The van der Waals surface area contributed by atoms with Gasteiger partial charge in [-0.3, -0.25) is 4.98 Å². The molecule has 3 N–H and O–H groups in total. The molecule has 0 bridgehead atoms. The summed E-state index contributed by atoms with van der Waals surface area (Å²) in [6.45, 7) is 8.46. The third kappa shape index (κ3) is 5.04. The molecule has 0 aliphatic heterocycles. The predicted octanol–water partition coefficient (Wildman–Crippen LogP) is 4.37. The summed E-state index contributed by atoms with van der Waals surface area (Å²) in [5.74, 6) is 1.14. The number of benzene rings is 1. The number of hydrogen-bond donors (Lipinski definition) is 3. The molecule has 1 aromatic carbocycles. The molecule has 6 nitrogen and oxygen atoms in total. The average molecular weight is 377 g/mol. The van der Waals surface area contributed by atoms with Crippen molar-refractivity contribution < 1.29 is 5.11 Å². The molecule has 3 aromatic rings. The van der Waals surface area contributed by atoms with Crippen LogP contribution in [0.2, 0.25) is 0 Å². The van der Waals surface area contributed by atoms with Gasteiger partial charge >= 0.3 is 0 Å². The summed E-state index contributed by atoms with van der Waals surface area (Å²) < 4.78 is 0. The Morgan fingerprint density at radius 2 is 1.68 bits per heavy atom. The van der Waals surface area contributed by atoms with Crippen LogP contribution < -0.4 is 10.6 Å². The first kappa shape index (κ1) is 19.8. The molecule has 3 rings (SSSR count). The van der Waals surface area contributed by atoms with Crippen molar-refractivity contribution in [3.8, 4) is 11.3 Å². The maximum atomic E-state index is 9.34. The summed E-state index contributed by atoms with van der Waals surface area (Å²) in [7, 11) is 0. The van der Waals surface area contributed by atoms with E-state index < -0.39 is 0 Å². The van der Waals surface area contributed by atoms with Crippen LogP contribution in [0.25, 0.3) is 11.3 Å². The number of anilines is 3. The van der Waals surface area contributed by atoms with Crippen LogP contribution in [-0.4, -0.2) is 32.7 Å². The van der Waals surface area contributed by atoms with Crippen molar-refractivity contribution in [1.82, 2.24) is 15.0 Å². The van der Waals surface area contributed by atoms with E-state index in [1.54, 1.807) is 12.4 Å². The summed E-state index contributed by atoms with van der Waals surface area (Å²) in [5, 5.41) is 15.8. The fourth-order valence-corrected chi connectivity index (χ4v) is 2.71. The van der Waals surface area contributed by atoms with Crippen molar-refractivity contribution in [3.63, 3.8) is 0 Å². The summed E-state index contributed by atoms with van der Waals surface area (Å²) in [6, 6.07) is 13.9. The molecule has 0 unspecified atom stereocenters. The van der Waals surface area contributed by atoms with E-state index in [0.29, 0.717) is 11.8 Å². The van der Waals surface area contributed by atoms with Crippen LogP contribution in [0, 0.1) is 0 Å². The van der Waals surface area contributed by atoms with Gasteiger partial charge in [-0.15, -0.1) is 0 Å². The Hall–Kier alpha value is -2.99. The molecule has 0 spiro atoms. The molecule has 0 aliphatic rings. The minimum Gasteiger partial charge on any atom is -0.394 e. The molecular weight excluding hydrogens is 350 g/mol. The van der Waals surface area contributed by atoms with Crippen LogP contribution in [0.15, 0.2) is 54.9 Å². The Balaban J connectivity index is 1.91. The maximum absolute atomic E-state index is 9.34. The van der Waals surface area contributed by atoms with Gasteiger partial charge in [-0.1, -0.05) is 32.9 Å². The standard InChI is InChI=1S/C22H27N5O/c1-15(14-28)24-21-26-19(16-9-11-23-12-10-16)13-20(27-21)25-18-7-5-17(6-8-18)22(2,3)4/h5-13,15,28H,14H2,1-4H3,(H2,24,25,26,27)/t15-/m1/s1. The molecule has 0 saturated carbocycles. The van der Waals surface area contributed by atoms with Crippen molar-refractivity contribution in [3.05, 3.63) is 60.4 Å². The van der Waals surface area contributed by atoms with Crippen LogP contribution in [0.1, 0.15) is 33.3 Å². The van der Waals surface area contributed by atoms with Gasteiger partial charge in [0.2, 0.25) is 5.95 Å². The van der Waals surface area contributed by atoms with Gasteiger partial charge < -0.3 is 15.7 Å². The molecule has 0 fully saturated rings. The second-order valence-corrected chi connectivity index (χ2v) is 7.88. The number of hydrogen-bond acceptors (Lipinski definition) is 6. The highest BCUT2D eigenvalue weighted by atomic mass is 16.3. The molecule has 0 aliphatic carbocycles. The highest BCUT2D eigenvalue weighted by molar-refractivity contribution is 5.67. The van der Waals surface area contributed by atoms with Crippen LogP contribution in [0.5, 0.6) is 0 Å². The molecule has 0 saturated heterocycles. The minimum atomic E-state index is -0.147. The number of nitrogens with zero attached hydrogens (tertiary/aromatic N) is 3. The molecule has 146 valence electrons. The number of aromatic nitrogens is 3. The Bertz CT molecular complexity index is 904. The van der Waals surface area contributed by atoms with Gasteiger partial charge in [0.05, 0.1) is 12.3 Å². The topological polar surface area (TPSA) is 83.0 Å². The predicted molar refractivity (Wildman–Crippen MR) is 114 cm³/mol. The monoisotopic (exact) mass is 377 g/mol. The summed E-state index contributed by atoms with van der Waals surface area (Å²) in [4.78, 5) is 13.2. The Morgan fingerprint density at radius 1 is 1.00 bits per heavy atom. The van der Waals surface area contributed by atoms with Gasteiger partial charge in [-0.25, -0.2) is 4.98 Å². The zero-order chi connectivity index (χ0) is 20.1. The van der Waals surface area contributed by atoms with E-state index in [-0.39, 0.29) is 18.1 Å². The second kappa shape index (κ2) is 8.35. The first-order valence-corrected chi connectivity index (χ1v) is 9.39. The Labute approximate surface area is 166 Å². The van der Waals surface area contributed by atoms with E-state index in [9.17, 15) is 5.11 Å². The molecule has 6 heteroatoms. The van der Waals surface area contributed by atoms with Gasteiger partial charge in [0.15, 0.2) is 0 Å². The third-order valence-corrected chi connectivity index (χ3v) is 4.37. The van der Waals surface area contributed by atoms with E-state index in [0.717, 1.165) is 16.9 Å². The molecule has 28 heavy (non-hydrogen) atoms. The number of rotatable bonds is 6. The smallest absolute Gasteiger partial charge is 0.225 e. The Morgan fingerprint density at radius 3 is 2.29 bits per heavy atom. The lowest BCUT2D eigenvalue weighted by molar-refractivity contribution is 0.281. The van der Waals surface area contributed by atoms with Crippen LogP contribution >= 0.6 is 0 Å². The van der Waals surface area contributed by atoms with Crippen LogP contribution in [-0.2, 0) is 5.41 Å². The van der Waals surface area contributed by atoms with Crippen molar-refractivity contribution in [2.24, 2.45) is 0 Å². The van der Waals surface area contributed by atoms with Gasteiger partial charge in [0.1, 0.15) is 5.82 Å². The number of pyridine rings is 1. The molecule has 0 amide bonds. The van der Waals surface area contributed by atoms with Gasteiger partial charge in [-0.05, 0) is 42.2 Å². The van der Waals surface area contributed by atoms with Crippen LogP contribution in [0.3, 0.4) is 0 Å². The van der Waals surface area contributed by atoms with Crippen LogP contribution in [0.4, 0.5) is 17.5 Å². The molecule has 0 radical (unpaired) electrons. The fraction of sp³-hybridized carbons (Fsp3) is 0.318. The molecule has 2 heterocycles. The largest absolute Gasteiger partial charge is 0.394 e. The maximum Gasteiger partial charge on any atom is 0.225 e. The third-order valence-electron chi connectivity index (χ3n) is 4.37. The first-order chi connectivity index (χ1) is 13.3. The highest BCUT2D eigenvalue weighted by Gasteiger charge is 2.13. The lowest BCUT2D eigenvalue weighted by Crippen LogP contribution is -2.21. The summed E-state index contributed by atoms with van der Waals surface area (Å²) in [6.07, 6.45) is 3.47. The van der Waals surface area contributed by atoms with E-state index in [4.69, 9.17) is 0 Å². The van der Waals surface area contributed by atoms with Gasteiger partial charge in [0, 0.05) is 35.8 Å². The molecule has 2 aromatic heterocycles. The lowest BCUT2D eigenvalue weighted by atomic mass is 9.87. The number of aliphatic hydroxyl groups is 1. The Kier molecular flexibility index (Phi) is 5.90. The van der Waals surface area contributed by atoms with E-state index >= 15 is 0 Å². The summed E-state index contributed by atoms with van der Waals surface area (Å²) in [5.41, 5.74) is 4.06. The van der Waals surface area contributed by atoms with E-state index in [1.807, 2.05) is 25.1 Å². The van der Waals surface area contributed by atoms with E-state index in [1.165, 1.54) is 5.56 Å². The normalized spacial score (nSPS) is 12.5. The first-order valence-electron chi connectivity index (χ1n) is 9.39. The van der Waals surface area contributed by atoms with Crippen molar-refractivity contribution in [1.29, 1.82) is 0 Å². The quantitative estimate of drug-likeness (QED) is 0.592. The lowest BCUT2D eigenvalue weighted by Gasteiger charge is -2.19. The highest BCUT2D eigenvalue weighted by Crippen LogP contribution is 2.26. The minimum absolute atomic E-state index is 0.000127. The fourth-order valence-electron chi connectivity index (χ4n) is 2.71. The zero-order valence-electron chi connectivity index (χ0n) is 16.8. The average Bonchev–Trinajstić information content (AvgIpc) is 2.68. The number of nitrogens with one attached hydrogen (secondary N) is 2. The SMILES string of the molecule is C[C@H](CO)Nc1nc(Nc2ccc(C(C)(C)C)cc2)cc(-c2ccncc2)n1. The van der Waals surface area contributed by atoms with Gasteiger partial charge in [0.25, 0.3) is 0 Å². The molecular formula is C22H27N5O. The zero-order valence-corrected chi connectivity index (χ0v) is 16.8. The van der Waals surface area contributed by atoms with Crippen molar-refractivity contribution in [2.45, 2.75) is 39.2 Å². The second-order valence-electron chi connectivity index (χ2n) is 7.88. The van der Waals surface area contributed by atoms with Gasteiger partial charge in [-0.2, -0.15) is 4.98 Å². The van der Waals surface area contributed by atoms with Crippen molar-refractivity contribution >= 4 is 17.5 Å².